The van der Waals surface area contributed by atoms with Crippen molar-refractivity contribution < 1.29 is 4.74 Å². The van der Waals surface area contributed by atoms with Gasteiger partial charge in [-0.25, -0.2) is 4.98 Å². The fourth-order valence-electron chi connectivity index (χ4n) is 2.64. The lowest BCUT2D eigenvalue weighted by molar-refractivity contribution is 0.00299. The van der Waals surface area contributed by atoms with Crippen LogP contribution in [0, 0.1) is 0 Å². The maximum atomic E-state index is 5.59. The Balaban J connectivity index is 1.55. The number of nitrogens with one attached hydrogen (secondary N) is 1. The molecular weight excluding hydrogens is 250 g/mol. The molecule has 106 valence electrons. The summed E-state index contributed by atoms with van der Waals surface area (Å²) in [4.78, 5) is 4.07. The summed E-state index contributed by atoms with van der Waals surface area (Å²) in [5, 5.41) is 3.58. The van der Waals surface area contributed by atoms with E-state index in [1.807, 2.05) is 18.7 Å². The SMILES string of the molecule is CCOC1CC(Nc2cccc(Cn3ccnc3)c2)C1. The topological polar surface area (TPSA) is 39.1 Å². The molecule has 0 amide bonds. The van der Waals surface area contributed by atoms with Gasteiger partial charge in [0.1, 0.15) is 0 Å². The van der Waals surface area contributed by atoms with Crippen LogP contribution in [-0.4, -0.2) is 28.3 Å². The monoisotopic (exact) mass is 271 g/mol. The number of ether oxygens (including phenoxy) is 1. The minimum absolute atomic E-state index is 0.451. The van der Waals surface area contributed by atoms with E-state index in [0.29, 0.717) is 12.1 Å². The summed E-state index contributed by atoms with van der Waals surface area (Å²) in [6, 6.07) is 9.15. The third kappa shape index (κ3) is 3.20. The van der Waals surface area contributed by atoms with Gasteiger partial charge in [-0.05, 0) is 37.5 Å². The fourth-order valence-corrected chi connectivity index (χ4v) is 2.64. The summed E-state index contributed by atoms with van der Waals surface area (Å²) in [5.74, 6) is 0. The molecule has 1 fully saturated rings. The van der Waals surface area contributed by atoms with Gasteiger partial charge in [-0.2, -0.15) is 0 Å². The Labute approximate surface area is 119 Å². The van der Waals surface area contributed by atoms with Crippen molar-refractivity contribution in [1.29, 1.82) is 0 Å². The third-order valence-electron chi connectivity index (χ3n) is 3.72. The smallest absolute Gasteiger partial charge is 0.0949 e. The van der Waals surface area contributed by atoms with Crippen molar-refractivity contribution in [3.63, 3.8) is 0 Å². The zero-order valence-electron chi connectivity index (χ0n) is 11.8. The minimum atomic E-state index is 0.451. The molecule has 20 heavy (non-hydrogen) atoms. The number of anilines is 1. The summed E-state index contributed by atoms with van der Waals surface area (Å²) >= 11 is 0. The van der Waals surface area contributed by atoms with Crippen LogP contribution in [0.15, 0.2) is 43.0 Å². The maximum Gasteiger partial charge on any atom is 0.0949 e. The Morgan fingerprint density at radius 3 is 3.05 bits per heavy atom. The van der Waals surface area contributed by atoms with Gasteiger partial charge in [0.25, 0.3) is 0 Å². The molecule has 1 aliphatic carbocycles. The maximum absolute atomic E-state index is 5.59. The summed E-state index contributed by atoms with van der Waals surface area (Å²) < 4.78 is 7.67. The van der Waals surface area contributed by atoms with Gasteiger partial charge < -0.3 is 14.6 Å². The summed E-state index contributed by atoms with van der Waals surface area (Å²) in [5.41, 5.74) is 2.48. The molecule has 0 unspecified atom stereocenters. The van der Waals surface area contributed by atoms with Crippen LogP contribution in [0.1, 0.15) is 25.3 Å². The molecule has 1 aromatic carbocycles. The van der Waals surface area contributed by atoms with Gasteiger partial charge in [-0.15, -0.1) is 0 Å². The number of benzene rings is 1. The van der Waals surface area contributed by atoms with Gasteiger partial charge in [0, 0.05) is 37.3 Å². The van der Waals surface area contributed by atoms with Crippen LogP contribution < -0.4 is 5.32 Å². The molecule has 1 heterocycles. The van der Waals surface area contributed by atoms with E-state index >= 15 is 0 Å². The number of hydrogen-bond donors (Lipinski definition) is 1. The van der Waals surface area contributed by atoms with Crippen LogP contribution >= 0.6 is 0 Å². The molecule has 0 atom stereocenters. The molecule has 2 aromatic rings. The molecular formula is C16H21N3O. The van der Waals surface area contributed by atoms with Crippen molar-refractivity contribution in [2.24, 2.45) is 0 Å². The van der Waals surface area contributed by atoms with Crippen LogP contribution in [0.5, 0.6) is 0 Å². The first-order valence-electron chi connectivity index (χ1n) is 7.26. The second-order valence-electron chi connectivity index (χ2n) is 5.33. The second-order valence-corrected chi connectivity index (χ2v) is 5.33. The second kappa shape index (κ2) is 6.09. The lowest BCUT2D eigenvalue weighted by atomic mass is 9.89. The molecule has 0 radical (unpaired) electrons. The van der Waals surface area contributed by atoms with Crippen LogP contribution in [0.25, 0.3) is 0 Å². The standard InChI is InChI=1S/C16H21N3O/c1-2-20-16-9-15(10-16)18-14-5-3-4-13(8-14)11-19-7-6-17-12-19/h3-8,12,15-16,18H,2,9-11H2,1H3. The van der Waals surface area contributed by atoms with E-state index in [2.05, 4.69) is 46.1 Å². The van der Waals surface area contributed by atoms with Crippen LogP contribution in [0.4, 0.5) is 5.69 Å². The normalized spacial score (nSPS) is 21.4. The van der Waals surface area contributed by atoms with Gasteiger partial charge in [-0.1, -0.05) is 12.1 Å². The Hall–Kier alpha value is -1.81. The van der Waals surface area contributed by atoms with Gasteiger partial charge in [0.15, 0.2) is 0 Å². The first-order valence-corrected chi connectivity index (χ1v) is 7.26. The predicted molar refractivity (Wildman–Crippen MR) is 79.8 cm³/mol. The van der Waals surface area contributed by atoms with E-state index in [0.717, 1.165) is 26.0 Å². The quantitative estimate of drug-likeness (QED) is 0.878. The van der Waals surface area contributed by atoms with E-state index < -0.39 is 0 Å². The largest absolute Gasteiger partial charge is 0.382 e. The van der Waals surface area contributed by atoms with Crippen molar-refractivity contribution in [1.82, 2.24) is 9.55 Å². The van der Waals surface area contributed by atoms with E-state index in [1.54, 1.807) is 0 Å². The Morgan fingerprint density at radius 2 is 2.30 bits per heavy atom. The van der Waals surface area contributed by atoms with E-state index in [4.69, 9.17) is 4.74 Å². The number of rotatable bonds is 6. The highest BCUT2D eigenvalue weighted by Crippen LogP contribution is 2.27. The highest BCUT2D eigenvalue weighted by molar-refractivity contribution is 5.47. The fraction of sp³-hybridized carbons (Fsp3) is 0.438. The molecule has 1 N–H and O–H groups in total. The molecule has 4 nitrogen and oxygen atoms in total. The average molecular weight is 271 g/mol. The Kier molecular flexibility index (Phi) is 4.02. The van der Waals surface area contributed by atoms with E-state index in [9.17, 15) is 0 Å². The van der Waals surface area contributed by atoms with Crippen LogP contribution in [0.2, 0.25) is 0 Å². The van der Waals surface area contributed by atoms with Gasteiger partial charge >= 0.3 is 0 Å². The molecule has 0 bridgehead atoms. The van der Waals surface area contributed by atoms with Gasteiger partial charge in [0.05, 0.1) is 12.4 Å². The van der Waals surface area contributed by atoms with Crippen molar-refractivity contribution in [2.75, 3.05) is 11.9 Å². The highest BCUT2D eigenvalue weighted by atomic mass is 16.5. The van der Waals surface area contributed by atoms with E-state index in [1.165, 1.54) is 11.3 Å². The van der Waals surface area contributed by atoms with Gasteiger partial charge in [0.2, 0.25) is 0 Å². The van der Waals surface area contributed by atoms with Crippen molar-refractivity contribution in [3.8, 4) is 0 Å². The zero-order valence-corrected chi connectivity index (χ0v) is 11.8. The lowest BCUT2D eigenvalue weighted by Crippen LogP contribution is -2.40. The average Bonchev–Trinajstić information content (AvgIpc) is 2.90. The third-order valence-corrected chi connectivity index (χ3v) is 3.72. The summed E-state index contributed by atoms with van der Waals surface area (Å²) in [6.45, 7) is 3.74. The van der Waals surface area contributed by atoms with E-state index in [-0.39, 0.29) is 0 Å². The van der Waals surface area contributed by atoms with Crippen LogP contribution in [0.3, 0.4) is 0 Å². The molecule has 0 saturated heterocycles. The molecule has 3 rings (SSSR count). The molecule has 1 aromatic heterocycles. The molecule has 1 saturated carbocycles. The Bertz CT molecular complexity index is 532. The molecule has 1 aliphatic rings. The summed E-state index contributed by atoms with van der Waals surface area (Å²) in [6.07, 6.45) is 8.31. The predicted octanol–water partition coefficient (Wildman–Crippen LogP) is 2.91. The van der Waals surface area contributed by atoms with Crippen molar-refractivity contribution >= 4 is 5.69 Å². The highest BCUT2D eigenvalue weighted by Gasteiger charge is 2.29. The van der Waals surface area contributed by atoms with Gasteiger partial charge in [-0.3, -0.25) is 0 Å². The van der Waals surface area contributed by atoms with Crippen LogP contribution in [-0.2, 0) is 11.3 Å². The minimum Gasteiger partial charge on any atom is -0.382 e. The first kappa shape index (κ1) is 13.2. The van der Waals surface area contributed by atoms with Crippen molar-refractivity contribution in [2.45, 2.75) is 38.5 Å². The molecule has 0 spiro atoms. The number of imidazole rings is 1. The summed E-state index contributed by atoms with van der Waals surface area (Å²) in [7, 11) is 0. The Morgan fingerprint density at radius 1 is 1.40 bits per heavy atom. The first-order chi connectivity index (χ1) is 9.83. The lowest BCUT2D eigenvalue weighted by Gasteiger charge is -2.36. The zero-order chi connectivity index (χ0) is 13.8. The number of hydrogen-bond acceptors (Lipinski definition) is 3. The molecule has 0 aliphatic heterocycles. The molecule has 4 heteroatoms. The number of aromatic nitrogens is 2. The van der Waals surface area contributed by atoms with Crippen molar-refractivity contribution in [3.05, 3.63) is 48.5 Å². The number of nitrogens with zero attached hydrogens (tertiary/aromatic N) is 2.